The monoisotopic (exact) mass is 881 g/mol. The number of nitrogens with one attached hydrogen (secondary N) is 6. The minimum Gasteiger partial charge on any atom is -0.481 e. The number of primary amides is 1. The predicted molar refractivity (Wildman–Crippen MR) is 227 cm³/mol. The lowest BCUT2D eigenvalue weighted by atomic mass is 10.0. The van der Waals surface area contributed by atoms with E-state index in [2.05, 4.69) is 31.9 Å². The number of hydrogen-bond donors (Lipinski definition) is 9. The molecule has 0 aliphatic carbocycles. The Morgan fingerprint density at radius 3 is 1.73 bits per heavy atom. The third kappa shape index (κ3) is 30.9. The predicted octanol–water partition coefficient (Wildman–Crippen LogP) is 1.61. The first-order chi connectivity index (χ1) is 29.0. The largest absolute Gasteiger partial charge is 0.481 e. The first kappa shape index (κ1) is 58.0. The van der Waals surface area contributed by atoms with E-state index in [0.29, 0.717) is 12.2 Å². The van der Waals surface area contributed by atoms with Gasteiger partial charge in [0.1, 0.15) is 24.5 Å². The molecular weight excluding hydrogens is 814 g/mol. The van der Waals surface area contributed by atoms with Crippen LogP contribution in [0.15, 0.2) is 24.3 Å². The van der Waals surface area contributed by atoms with Crippen LogP contribution in [0.1, 0.15) is 99.5 Å². The van der Waals surface area contributed by atoms with Crippen molar-refractivity contribution < 1.29 is 67.6 Å². The van der Waals surface area contributed by atoms with Gasteiger partial charge in [-0.3, -0.25) is 43.2 Å². The zero-order valence-electron chi connectivity index (χ0n) is 37.1. The molecular formula is C41H67N7O14. The summed E-state index contributed by atoms with van der Waals surface area (Å²) in [6.07, 6.45) is 0.552. The van der Waals surface area contributed by atoms with Crippen molar-refractivity contribution in [1.29, 1.82) is 0 Å². The van der Waals surface area contributed by atoms with Crippen molar-refractivity contribution in [2.24, 2.45) is 23.5 Å². The molecule has 10 N–H and O–H groups in total. The quantitative estimate of drug-likeness (QED) is 0.0472. The van der Waals surface area contributed by atoms with Crippen molar-refractivity contribution in [1.82, 2.24) is 26.6 Å². The van der Waals surface area contributed by atoms with Gasteiger partial charge in [0.25, 0.3) is 0 Å². The number of urea groups is 1. The van der Waals surface area contributed by atoms with Gasteiger partial charge in [-0.25, -0.2) is 4.79 Å². The number of carboxylic acid groups (broad SMARTS) is 2. The molecule has 1 rings (SSSR count). The number of ketones is 1. The Morgan fingerprint density at radius 2 is 1.24 bits per heavy atom. The number of anilines is 1. The van der Waals surface area contributed by atoms with Crippen molar-refractivity contribution in [2.75, 3.05) is 38.2 Å². The third-order valence-corrected chi connectivity index (χ3v) is 7.96. The fourth-order valence-electron chi connectivity index (χ4n) is 4.32. The molecule has 2 unspecified atom stereocenters. The molecule has 350 valence electrons. The number of rotatable bonds is 26. The Bertz CT molecular complexity index is 1600. The van der Waals surface area contributed by atoms with Crippen molar-refractivity contribution in [2.45, 2.75) is 113 Å². The summed E-state index contributed by atoms with van der Waals surface area (Å²) in [6.45, 7) is 13.8. The molecule has 2 atom stereocenters. The highest BCUT2D eigenvalue weighted by atomic mass is 16.5. The number of ether oxygens (including phenoxy) is 2. The van der Waals surface area contributed by atoms with Crippen LogP contribution >= 0.6 is 0 Å². The van der Waals surface area contributed by atoms with E-state index in [1.807, 2.05) is 6.92 Å². The number of esters is 1. The van der Waals surface area contributed by atoms with Crippen LogP contribution < -0.4 is 37.6 Å². The maximum Gasteiger partial charge on any atom is 0.312 e. The molecule has 0 aromatic heterocycles. The van der Waals surface area contributed by atoms with Crippen LogP contribution in [0.5, 0.6) is 0 Å². The number of Topliss-reactive ketones (excluding diaryl/α,β-unsaturated/α-hetero) is 1. The molecule has 0 aliphatic rings. The summed E-state index contributed by atoms with van der Waals surface area (Å²) < 4.78 is 10.5. The smallest absolute Gasteiger partial charge is 0.312 e. The molecule has 0 spiro atoms. The highest BCUT2D eigenvalue weighted by Gasteiger charge is 2.26. The van der Waals surface area contributed by atoms with Crippen molar-refractivity contribution in [3.05, 3.63) is 29.8 Å². The van der Waals surface area contributed by atoms with E-state index in [-0.39, 0.29) is 69.1 Å². The van der Waals surface area contributed by atoms with Gasteiger partial charge in [0, 0.05) is 43.8 Å². The molecule has 0 saturated heterocycles. The standard InChI is InChI=1S/C34H51N5O11.C4H10N2O.C3H6O2/c1-20(2)26(40)13-15-49-16-14-27(41)38-25(11-12-30(44)45)32(46)35-18-29(43)39-31(21(3)4)33(47)36-17-28(42)37-24-9-7-23(8-10-24)19-50-34(48)22(5)6;1-2-3-6-4(5)7;1-2-3(4)5/h7-10,20-22,25,31H,11-19H2,1-6H3,(H,35,46)(H,36,47)(H,37,42)(H,38,41)(H,39,43)(H,44,45);2-3H2,1H3,(H3,5,6,7);2H2,1H3,(H,4,5). The Morgan fingerprint density at radius 1 is 0.677 bits per heavy atom. The van der Waals surface area contributed by atoms with Crippen LogP contribution in [0.2, 0.25) is 0 Å². The lowest BCUT2D eigenvalue weighted by molar-refractivity contribution is -0.148. The van der Waals surface area contributed by atoms with Gasteiger partial charge in [-0.2, -0.15) is 0 Å². The summed E-state index contributed by atoms with van der Waals surface area (Å²) in [5, 5.41) is 31.6. The molecule has 7 amide bonds. The SMILES string of the molecule is CC(C)C(=O)CCOCCC(=O)NC(CCC(=O)O)C(=O)NCC(=O)NC(C(=O)NCC(=O)Nc1ccc(COC(=O)C(C)C)cc1)C(C)C.CCC(=O)O.CCCNC(N)=O. The first-order valence-corrected chi connectivity index (χ1v) is 20.3. The minimum atomic E-state index is -1.25. The number of aliphatic carboxylic acids is 2. The average Bonchev–Trinajstić information content (AvgIpc) is 3.21. The van der Waals surface area contributed by atoms with Gasteiger partial charge >= 0.3 is 23.9 Å². The number of carbonyl (C=O) groups is 10. The molecule has 1 aromatic rings. The maximum absolute atomic E-state index is 12.8. The summed E-state index contributed by atoms with van der Waals surface area (Å²) in [5.41, 5.74) is 5.91. The lowest BCUT2D eigenvalue weighted by Gasteiger charge is -2.22. The molecule has 21 heteroatoms. The molecule has 0 aliphatic heterocycles. The molecule has 0 heterocycles. The van der Waals surface area contributed by atoms with E-state index < -0.39 is 85.0 Å². The third-order valence-electron chi connectivity index (χ3n) is 7.96. The molecule has 0 saturated carbocycles. The fraction of sp³-hybridized carbons (Fsp3) is 0.610. The summed E-state index contributed by atoms with van der Waals surface area (Å²) in [5.74, 6) is -6.30. The van der Waals surface area contributed by atoms with E-state index in [4.69, 9.17) is 25.4 Å². The molecule has 1 aromatic carbocycles. The summed E-state index contributed by atoms with van der Waals surface area (Å²) in [4.78, 5) is 117. The number of nitrogens with two attached hydrogens (primary N) is 1. The van der Waals surface area contributed by atoms with Crippen LogP contribution in [-0.4, -0.2) is 114 Å². The van der Waals surface area contributed by atoms with Crippen LogP contribution in [0.3, 0.4) is 0 Å². The lowest BCUT2D eigenvalue weighted by Crippen LogP contribution is -2.54. The summed E-state index contributed by atoms with van der Waals surface area (Å²) >= 11 is 0. The van der Waals surface area contributed by atoms with Gasteiger partial charge in [0.2, 0.25) is 29.5 Å². The Hall–Kier alpha value is -6.12. The Kier molecular flexibility index (Phi) is 31.4. The van der Waals surface area contributed by atoms with Gasteiger partial charge in [-0.15, -0.1) is 0 Å². The average molecular weight is 882 g/mol. The zero-order valence-corrected chi connectivity index (χ0v) is 37.1. The van der Waals surface area contributed by atoms with Crippen LogP contribution in [-0.2, 0) is 59.2 Å². The Balaban J connectivity index is 0. The number of carboxylic acids is 2. The van der Waals surface area contributed by atoms with E-state index in [1.165, 1.54) is 0 Å². The van der Waals surface area contributed by atoms with E-state index in [0.717, 1.165) is 12.0 Å². The van der Waals surface area contributed by atoms with Crippen LogP contribution in [0.4, 0.5) is 10.5 Å². The van der Waals surface area contributed by atoms with E-state index in [1.54, 1.807) is 72.7 Å². The normalized spacial score (nSPS) is 11.3. The topological polar surface area (TPSA) is 328 Å². The fourth-order valence-corrected chi connectivity index (χ4v) is 4.32. The van der Waals surface area contributed by atoms with Gasteiger partial charge in [0.05, 0.1) is 32.2 Å². The Labute approximate surface area is 362 Å². The maximum atomic E-state index is 12.8. The van der Waals surface area contributed by atoms with Crippen LogP contribution in [0, 0.1) is 17.8 Å². The molecule has 0 fully saturated rings. The highest BCUT2D eigenvalue weighted by Crippen LogP contribution is 2.11. The number of hydrogen-bond acceptors (Lipinski definition) is 12. The van der Waals surface area contributed by atoms with Gasteiger partial charge < -0.3 is 57.3 Å². The summed E-state index contributed by atoms with van der Waals surface area (Å²) in [6, 6.07) is 3.86. The molecule has 0 bridgehead atoms. The second kappa shape index (κ2) is 33.6. The van der Waals surface area contributed by atoms with Gasteiger partial charge in [-0.1, -0.05) is 67.5 Å². The molecule has 0 radical (unpaired) electrons. The number of amides is 7. The van der Waals surface area contributed by atoms with Crippen molar-refractivity contribution >= 4 is 64.9 Å². The molecule has 62 heavy (non-hydrogen) atoms. The first-order valence-electron chi connectivity index (χ1n) is 20.3. The van der Waals surface area contributed by atoms with E-state index >= 15 is 0 Å². The van der Waals surface area contributed by atoms with Gasteiger partial charge in [-0.05, 0) is 36.5 Å². The minimum absolute atomic E-state index is 0.0150. The number of benzene rings is 1. The highest BCUT2D eigenvalue weighted by molar-refractivity contribution is 5.97. The number of carbonyl (C=O) groups excluding carboxylic acids is 8. The van der Waals surface area contributed by atoms with E-state index in [9.17, 15) is 47.9 Å². The van der Waals surface area contributed by atoms with Crippen molar-refractivity contribution in [3.8, 4) is 0 Å². The second-order valence-corrected chi connectivity index (χ2v) is 14.6. The second-order valence-electron chi connectivity index (χ2n) is 14.6. The molecule has 21 nitrogen and oxygen atoms in total. The van der Waals surface area contributed by atoms with Crippen LogP contribution in [0.25, 0.3) is 0 Å². The zero-order chi connectivity index (χ0) is 47.8. The summed E-state index contributed by atoms with van der Waals surface area (Å²) in [7, 11) is 0. The van der Waals surface area contributed by atoms with Gasteiger partial charge in [0.15, 0.2) is 0 Å². The van der Waals surface area contributed by atoms with Crippen molar-refractivity contribution in [3.63, 3.8) is 0 Å².